The summed E-state index contributed by atoms with van der Waals surface area (Å²) in [4.78, 5) is 4.78. The average molecular weight is 363 g/mol. The highest BCUT2D eigenvalue weighted by Gasteiger charge is 2.35. The minimum Gasteiger partial charge on any atom is -0.250 e. The molecule has 4 nitrogen and oxygen atoms in total. The number of nitrogens with zero attached hydrogens (tertiary/aromatic N) is 2. The Morgan fingerprint density at radius 2 is 1.92 bits per heavy atom. The van der Waals surface area contributed by atoms with Crippen molar-refractivity contribution in [1.29, 1.82) is 0 Å². The summed E-state index contributed by atoms with van der Waals surface area (Å²) in [6.45, 7) is 2.52. The van der Waals surface area contributed by atoms with Crippen LogP contribution in [0.5, 0.6) is 0 Å². The van der Waals surface area contributed by atoms with E-state index >= 15 is 0 Å². The Hall–Kier alpha value is -1.37. The third-order valence-corrected chi connectivity index (χ3v) is 7.08. The van der Waals surface area contributed by atoms with E-state index in [0.717, 1.165) is 35.4 Å². The van der Waals surface area contributed by atoms with Crippen LogP contribution >= 0.6 is 11.8 Å². The summed E-state index contributed by atoms with van der Waals surface area (Å²) >= 11 is 1.57. The molecule has 0 radical (unpaired) electrons. The molecule has 1 aliphatic heterocycles. The van der Waals surface area contributed by atoms with E-state index in [4.69, 9.17) is 0 Å². The van der Waals surface area contributed by atoms with Crippen molar-refractivity contribution in [2.75, 3.05) is 12.8 Å². The molecule has 128 valence electrons. The van der Waals surface area contributed by atoms with E-state index in [1.54, 1.807) is 34.4 Å². The monoisotopic (exact) mass is 362 g/mol. The molecule has 1 aromatic carbocycles. The van der Waals surface area contributed by atoms with Gasteiger partial charge in [-0.15, -0.1) is 11.8 Å². The predicted molar refractivity (Wildman–Crippen MR) is 97.7 cm³/mol. The molecule has 6 heteroatoms. The molecule has 24 heavy (non-hydrogen) atoms. The Bertz CT molecular complexity index is 804. The first kappa shape index (κ1) is 17.5. The Balaban J connectivity index is 2.02. The zero-order valence-corrected chi connectivity index (χ0v) is 15.6. The van der Waals surface area contributed by atoms with Gasteiger partial charge < -0.3 is 0 Å². The lowest BCUT2D eigenvalue weighted by Gasteiger charge is -2.35. The number of thioether (sulfide) groups is 1. The fourth-order valence-corrected chi connectivity index (χ4v) is 5.46. The molecule has 2 heterocycles. The smallest absolute Gasteiger partial charge is 0.243 e. The molecule has 2 aromatic rings. The zero-order chi connectivity index (χ0) is 17.2. The summed E-state index contributed by atoms with van der Waals surface area (Å²) in [5, 5.41) is 0.911. The van der Waals surface area contributed by atoms with Crippen molar-refractivity contribution in [2.24, 2.45) is 0 Å². The molecule has 0 aliphatic carbocycles. The highest BCUT2D eigenvalue weighted by molar-refractivity contribution is 7.98. The maximum Gasteiger partial charge on any atom is 0.243 e. The topological polar surface area (TPSA) is 50.3 Å². The van der Waals surface area contributed by atoms with Gasteiger partial charge in [0.05, 0.1) is 10.9 Å². The van der Waals surface area contributed by atoms with Crippen LogP contribution < -0.4 is 0 Å². The predicted octanol–water partition coefficient (Wildman–Crippen LogP) is 4.03. The molecule has 0 bridgehead atoms. The van der Waals surface area contributed by atoms with Crippen molar-refractivity contribution in [1.82, 2.24) is 9.29 Å². The molecule has 3 rings (SSSR count). The third-order valence-electron chi connectivity index (χ3n) is 4.43. The van der Waals surface area contributed by atoms with E-state index in [-0.39, 0.29) is 6.04 Å². The first-order valence-corrected chi connectivity index (χ1v) is 10.8. The van der Waals surface area contributed by atoms with Gasteiger partial charge in [0.2, 0.25) is 10.0 Å². The van der Waals surface area contributed by atoms with Crippen LogP contribution in [-0.4, -0.2) is 30.5 Å². The number of pyridine rings is 1. The number of sulfonamides is 1. The van der Waals surface area contributed by atoms with Gasteiger partial charge >= 0.3 is 0 Å². The number of hydrogen-bond acceptors (Lipinski definition) is 4. The van der Waals surface area contributed by atoms with Gasteiger partial charge in [-0.3, -0.25) is 0 Å². The van der Waals surface area contributed by atoms with Crippen LogP contribution in [0.3, 0.4) is 0 Å². The molecule has 1 fully saturated rings. The highest BCUT2D eigenvalue weighted by Crippen LogP contribution is 2.38. The maximum atomic E-state index is 13.2. The van der Waals surface area contributed by atoms with E-state index in [1.807, 2.05) is 37.4 Å². The van der Waals surface area contributed by atoms with Gasteiger partial charge in [0.15, 0.2) is 0 Å². The fraction of sp³-hybridized carbons (Fsp3) is 0.389. The molecule has 1 saturated heterocycles. The minimum absolute atomic E-state index is 0.138. The Morgan fingerprint density at radius 3 is 2.62 bits per heavy atom. The molecular formula is C18H22N2O2S2. The Kier molecular flexibility index (Phi) is 5.27. The van der Waals surface area contributed by atoms with E-state index in [9.17, 15) is 8.42 Å². The van der Waals surface area contributed by atoms with Crippen molar-refractivity contribution in [3.8, 4) is 0 Å². The number of piperidine rings is 1. The van der Waals surface area contributed by atoms with Crippen LogP contribution in [0.1, 0.15) is 36.4 Å². The zero-order valence-electron chi connectivity index (χ0n) is 14.0. The first-order valence-electron chi connectivity index (χ1n) is 8.11. The van der Waals surface area contributed by atoms with Crippen molar-refractivity contribution in [2.45, 2.75) is 42.1 Å². The van der Waals surface area contributed by atoms with Gasteiger partial charge in [0, 0.05) is 18.3 Å². The Labute approximate surface area is 148 Å². The third kappa shape index (κ3) is 3.36. The van der Waals surface area contributed by atoms with E-state index in [2.05, 4.69) is 4.98 Å². The molecule has 1 aliphatic rings. The number of hydrogen-bond donors (Lipinski definition) is 0. The SMILES string of the molecule is CSc1ncccc1[C@@H]1CCCCN1S(=O)(=O)c1ccc(C)cc1. The first-order chi connectivity index (χ1) is 11.5. The lowest BCUT2D eigenvalue weighted by atomic mass is 9.99. The number of benzene rings is 1. The second kappa shape index (κ2) is 7.25. The van der Waals surface area contributed by atoms with Crippen molar-refractivity contribution in [3.05, 3.63) is 53.7 Å². The van der Waals surface area contributed by atoms with Gasteiger partial charge in [-0.05, 0) is 44.2 Å². The van der Waals surface area contributed by atoms with Crippen LogP contribution in [0.2, 0.25) is 0 Å². The lowest BCUT2D eigenvalue weighted by molar-refractivity contribution is 0.252. The van der Waals surface area contributed by atoms with Gasteiger partial charge in [-0.2, -0.15) is 4.31 Å². The molecule has 0 unspecified atom stereocenters. The summed E-state index contributed by atoms with van der Waals surface area (Å²) in [6, 6.07) is 10.9. The summed E-state index contributed by atoms with van der Waals surface area (Å²) < 4.78 is 28.0. The van der Waals surface area contributed by atoms with Crippen LogP contribution in [0, 0.1) is 6.92 Å². The van der Waals surface area contributed by atoms with Crippen LogP contribution in [0.25, 0.3) is 0 Å². The van der Waals surface area contributed by atoms with Gasteiger partial charge in [0.25, 0.3) is 0 Å². The van der Waals surface area contributed by atoms with Gasteiger partial charge in [-0.25, -0.2) is 13.4 Å². The van der Waals surface area contributed by atoms with Crippen molar-refractivity contribution < 1.29 is 8.42 Å². The Morgan fingerprint density at radius 1 is 1.17 bits per heavy atom. The largest absolute Gasteiger partial charge is 0.250 e. The molecule has 0 N–H and O–H groups in total. The molecule has 1 atom stereocenters. The molecular weight excluding hydrogens is 340 g/mol. The standard InChI is InChI=1S/C18H22N2O2S2/c1-14-8-10-15(11-9-14)24(21,22)20-13-4-3-7-17(20)16-6-5-12-19-18(16)23-2/h5-6,8-12,17H,3-4,7,13H2,1-2H3/t17-/m0/s1. The second-order valence-corrected chi connectivity index (χ2v) is 8.73. The van der Waals surface area contributed by atoms with E-state index in [1.165, 1.54) is 0 Å². The fourth-order valence-electron chi connectivity index (χ4n) is 3.18. The molecule has 0 saturated carbocycles. The summed E-state index contributed by atoms with van der Waals surface area (Å²) in [7, 11) is -3.50. The van der Waals surface area contributed by atoms with Crippen molar-refractivity contribution in [3.63, 3.8) is 0 Å². The number of aromatic nitrogens is 1. The molecule has 0 spiro atoms. The van der Waals surface area contributed by atoms with E-state index < -0.39 is 10.0 Å². The number of rotatable bonds is 4. The summed E-state index contributed by atoms with van der Waals surface area (Å²) in [6.07, 6.45) is 6.51. The van der Waals surface area contributed by atoms with Gasteiger partial charge in [-0.1, -0.05) is 30.2 Å². The van der Waals surface area contributed by atoms with Crippen LogP contribution in [-0.2, 0) is 10.0 Å². The normalized spacial score (nSPS) is 19.3. The summed E-state index contributed by atoms with van der Waals surface area (Å²) in [5.41, 5.74) is 2.07. The maximum absolute atomic E-state index is 13.2. The minimum atomic E-state index is -3.50. The van der Waals surface area contributed by atoms with Crippen LogP contribution in [0.15, 0.2) is 52.5 Å². The van der Waals surface area contributed by atoms with E-state index in [0.29, 0.717) is 11.4 Å². The molecule has 0 amide bonds. The van der Waals surface area contributed by atoms with Crippen LogP contribution in [0.4, 0.5) is 0 Å². The summed E-state index contributed by atoms with van der Waals surface area (Å²) in [5.74, 6) is 0. The lowest BCUT2D eigenvalue weighted by Crippen LogP contribution is -2.38. The highest BCUT2D eigenvalue weighted by atomic mass is 32.2. The number of aryl methyl sites for hydroxylation is 1. The average Bonchev–Trinajstić information content (AvgIpc) is 2.62. The van der Waals surface area contributed by atoms with Crippen molar-refractivity contribution >= 4 is 21.8 Å². The quantitative estimate of drug-likeness (QED) is 0.771. The second-order valence-electron chi connectivity index (χ2n) is 6.04. The van der Waals surface area contributed by atoms with Gasteiger partial charge in [0.1, 0.15) is 5.03 Å². The molecule has 1 aromatic heterocycles.